The summed E-state index contributed by atoms with van der Waals surface area (Å²) in [6, 6.07) is 15.1. The summed E-state index contributed by atoms with van der Waals surface area (Å²) >= 11 is 0. The quantitative estimate of drug-likeness (QED) is 0.807. The van der Waals surface area contributed by atoms with E-state index in [0.717, 1.165) is 28.5 Å². The third kappa shape index (κ3) is 3.13. The normalized spacial score (nSPS) is 10.6. The zero-order valence-corrected chi connectivity index (χ0v) is 13.4. The van der Waals surface area contributed by atoms with E-state index in [1.807, 2.05) is 67.9 Å². The molecule has 0 fully saturated rings. The van der Waals surface area contributed by atoms with Crippen molar-refractivity contribution in [3.05, 3.63) is 65.5 Å². The van der Waals surface area contributed by atoms with Crippen molar-refractivity contribution in [3.63, 3.8) is 0 Å². The van der Waals surface area contributed by atoms with Crippen molar-refractivity contribution in [2.45, 2.75) is 13.8 Å². The largest absolute Gasteiger partial charge is 0.322 e. The van der Waals surface area contributed by atoms with Crippen LogP contribution in [0.5, 0.6) is 0 Å². The third-order valence-electron chi connectivity index (χ3n) is 3.75. The molecule has 116 valence electrons. The molecular formula is C18H18N4O. The topological polar surface area (TPSA) is 59.8 Å². The van der Waals surface area contributed by atoms with Crippen LogP contribution >= 0.6 is 0 Å². The van der Waals surface area contributed by atoms with Crippen LogP contribution in [0.1, 0.15) is 21.7 Å². The molecule has 0 saturated heterocycles. The summed E-state index contributed by atoms with van der Waals surface area (Å²) in [7, 11) is 1.92. The maximum Gasteiger partial charge on any atom is 0.255 e. The molecule has 5 nitrogen and oxygen atoms in total. The first-order valence-electron chi connectivity index (χ1n) is 7.39. The van der Waals surface area contributed by atoms with E-state index in [2.05, 4.69) is 15.5 Å². The molecule has 0 aliphatic heterocycles. The number of amides is 1. The summed E-state index contributed by atoms with van der Waals surface area (Å²) in [5.41, 5.74) is 3.34. The standard InChI is InChI=1S/C18H18N4O/c1-12-6-4-8-15(10-12)18(23)19-16-9-5-7-14(11-16)17-21-20-13(2)22(17)3/h4-11H,1-3H3,(H,19,23). The molecule has 0 bridgehead atoms. The molecule has 5 heteroatoms. The molecule has 1 N–H and O–H groups in total. The molecule has 1 aromatic heterocycles. The van der Waals surface area contributed by atoms with E-state index in [0.29, 0.717) is 5.56 Å². The molecule has 0 unspecified atom stereocenters. The van der Waals surface area contributed by atoms with Crippen molar-refractivity contribution in [3.8, 4) is 11.4 Å². The number of carbonyl (C=O) groups is 1. The Morgan fingerprint density at radius 2 is 1.83 bits per heavy atom. The van der Waals surface area contributed by atoms with Gasteiger partial charge in [0.1, 0.15) is 5.82 Å². The molecule has 0 saturated carbocycles. The van der Waals surface area contributed by atoms with E-state index in [1.165, 1.54) is 0 Å². The van der Waals surface area contributed by atoms with Crippen molar-refractivity contribution >= 4 is 11.6 Å². The van der Waals surface area contributed by atoms with Gasteiger partial charge >= 0.3 is 0 Å². The van der Waals surface area contributed by atoms with Crippen molar-refractivity contribution in [1.29, 1.82) is 0 Å². The molecule has 1 heterocycles. The first kappa shape index (κ1) is 15.0. The van der Waals surface area contributed by atoms with Gasteiger partial charge in [-0.1, -0.05) is 29.8 Å². The molecule has 3 rings (SSSR count). The summed E-state index contributed by atoms with van der Waals surface area (Å²) < 4.78 is 1.92. The second-order valence-corrected chi connectivity index (χ2v) is 5.53. The number of hydrogen-bond acceptors (Lipinski definition) is 3. The van der Waals surface area contributed by atoms with Crippen LogP contribution in [0.25, 0.3) is 11.4 Å². The monoisotopic (exact) mass is 306 g/mol. The number of rotatable bonds is 3. The Bertz CT molecular complexity index is 867. The van der Waals surface area contributed by atoms with Crippen LogP contribution in [-0.4, -0.2) is 20.7 Å². The van der Waals surface area contributed by atoms with Crippen molar-refractivity contribution in [2.24, 2.45) is 7.05 Å². The van der Waals surface area contributed by atoms with Gasteiger partial charge in [-0.05, 0) is 38.1 Å². The highest BCUT2D eigenvalue weighted by atomic mass is 16.1. The molecule has 0 radical (unpaired) electrons. The molecule has 2 aromatic carbocycles. The van der Waals surface area contributed by atoms with E-state index in [9.17, 15) is 4.79 Å². The first-order valence-corrected chi connectivity index (χ1v) is 7.39. The molecule has 1 amide bonds. The Labute approximate surface area is 135 Å². The number of nitrogens with zero attached hydrogens (tertiary/aromatic N) is 3. The van der Waals surface area contributed by atoms with E-state index in [4.69, 9.17) is 0 Å². The second-order valence-electron chi connectivity index (χ2n) is 5.53. The summed E-state index contributed by atoms with van der Waals surface area (Å²) in [6.45, 7) is 3.87. The highest BCUT2D eigenvalue weighted by molar-refractivity contribution is 6.04. The Morgan fingerprint density at radius 1 is 1.04 bits per heavy atom. The number of carbonyl (C=O) groups excluding carboxylic acids is 1. The number of nitrogens with one attached hydrogen (secondary N) is 1. The Kier molecular flexibility index (Phi) is 3.93. The molecule has 0 atom stereocenters. The fraction of sp³-hybridized carbons (Fsp3) is 0.167. The smallest absolute Gasteiger partial charge is 0.255 e. The van der Waals surface area contributed by atoms with E-state index >= 15 is 0 Å². The lowest BCUT2D eigenvalue weighted by molar-refractivity contribution is 0.102. The lowest BCUT2D eigenvalue weighted by Gasteiger charge is -2.08. The van der Waals surface area contributed by atoms with Gasteiger partial charge in [-0.25, -0.2) is 0 Å². The summed E-state index contributed by atoms with van der Waals surface area (Å²) in [5.74, 6) is 1.49. The number of aryl methyl sites for hydroxylation is 2. The van der Waals surface area contributed by atoms with Crippen LogP contribution in [0.4, 0.5) is 5.69 Å². The Balaban J connectivity index is 1.86. The molecular weight excluding hydrogens is 288 g/mol. The van der Waals surface area contributed by atoms with Gasteiger partial charge in [-0.3, -0.25) is 4.79 Å². The lowest BCUT2D eigenvalue weighted by atomic mass is 10.1. The van der Waals surface area contributed by atoms with Gasteiger partial charge in [-0.2, -0.15) is 0 Å². The van der Waals surface area contributed by atoms with Crippen LogP contribution in [0.3, 0.4) is 0 Å². The predicted molar refractivity (Wildman–Crippen MR) is 90.3 cm³/mol. The maximum absolute atomic E-state index is 12.3. The minimum atomic E-state index is -0.125. The van der Waals surface area contributed by atoms with Crippen molar-refractivity contribution in [1.82, 2.24) is 14.8 Å². The second kappa shape index (κ2) is 6.04. The molecule has 0 aliphatic rings. The van der Waals surface area contributed by atoms with Crippen molar-refractivity contribution < 1.29 is 4.79 Å². The minimum Gasteiger partial charge on any atom is -0.322 e. The van der Waals surface area contributed by atoms with Gasteiger partial charge in [0.25, 0.3) is 5.91 Å². The Hall–Kier alpha value is -2.95. The summed E-state index contributed by atoms with van der Waals surface area (Å²) in [6.07, 6.45) is 0. The van der Waals surface area contributed by atoms with Crippen LogP contribution in [0.2, 0.25) is 0 Å². The van der Waals surface area contributed by atoms with Gasteiger partial charge in [0.15, 0.2) is 5.82 Å². The summed E-state index contributed by atoms with van der Waals surface area (Å²) in [4.78, 5) is 12.3. The van der Waals surface area contributed by atoms with Crippen LogP contribution in [0, 0.1) is 13.8 Å². The fourth-order valence-corrected chi connectivity index (χ4v) is 2.38. The molecule has 3 aromatic rings. The third-order valence-corrected chi connectivity index (χ3v) is 3.75. The van der Waals surface area contributed by atoms with Crippen LogP contribution in [-0.2, 0) is 7.05 Å². The number of anilines is 1. The summed E-state index contributed by atoms with van der Waals surface area (Å²) in [5, 5.41) is 11.2. The minimum absolute atomic E-state index is 0.125. The Morgan fingerprint density at radius 3 is 2.52 bits per heavy atom. The van der Waals surface area contributed by atoms with Gasteiger partial charge in [0.05, 0.1) is 0 Å². The highest BCUT2D eigenvalue weighted by Gasteiger charge is 2.10. The van der Waals surface area contributed by atoms with E-state index in [-0.39, 0.29) is 5.91 Å². The number of hydrogen-bond donors (Lipinski definition) is 1. The van der Waals surface area contributed by atoms with Gasteiger partial charge < -0.3 is 9.88 Å². The van der Waals surface area contributed by atoms with E-state index in [1.54, 1.807) is 6.07 Å². The van der Waals surface area contributed by atoms with Gasteiger partial charge in [0, 0.05) is 23.9 Å². The lowest BCUT2D eigenvalue weighted by Crippen LogP contribution is -2.12. The van der Waals surface area contributed by atoms with Gasteiger partial charge in [-0.15, -0.1) is 10.2 Å². The van der Waals surface area contributed by atoms with Crippen LogP contribution < -0.4 is 5.32 Å². The predicted octanol–water partition coefficient (Wildman–Crippen LogP) is 3.35. The number of benzene rings is 2. The molecule has 0 spiro atoms. The average molecular weight is 306 g/mol. The zero-order valence-electron chi connectivity index (χ0n) is 13.4. The first-order chi connectivity index (χ1) is 11.0. The molecule has 0 aliphatic carbocycles. The SMILES string of the molecule is Cc1cccc(C(=O)Nc2cccc(-c3nnc(C)n3C)c2)c1. The fourth-order valence-electron chi connectivity index (χ4n) is 2.38. The highest BCUT2D eigenvalue weighted by Crippen LogP contribution is 2.21. The van der Waals surface area contributed by atoms with E-state index < -0.39 is 0 Å². The zero-order chi connectivity index (χ0) is 16.4. The molecule has 23 heavy (non-hydrogen) atoms. The van der Waals surface area contributed by atoms with Crippen molar-refractivity contribution in [2.75, 3.05) is 5.32 Å². The van der Waals surface area contributed by atoms with Gasteiger partial charge in [0.2, 0.25) is 0 Å². The maximum atomic E-state index is 12.3. The average Bonchev–Trinajstić information content (AvgIpc) is 2.87. The van der Waals surface area contributed by atoms with Crippen LogP contribution in [0.15, 0.2) is 48.5 Å². The number of aromatic nitrogens is 3.